The van der Waals surface area contributed by atoms with E-state index in [1.54, 1.807) is 6.92 Å². The first-order valence-corrected chi connectivity index (χ1v) is 6.35. The number of ether oxygens (including phenoxy) is 1. The highest BCUT2D eigenvalue weighted by Crippen LogP contribution is 2.24. The fourth-order valence-corrected chi connectivity index (χ4v) is 1.99. The van der Waals surface area contributed by atoms with Crippen LogP contribution in [0.5, 0.6) is 5.88 Å². The zero-order valence-corrected chi connectivity index (χ0v) is 11.5. The predicted molar refractivity (Wildman–Crippen MR) is 75.4 cm³/mol. The van der Waals surface area contributed by atoms with Crippen molar-refractivity contribution >= 4 is 5.78 Å². The average molecular weight is 271 g/mol. The molecule has 5 nitrogen and oxygen atoms in total. The van der Waals surface area contributed by atoms with E-state index in [4.69, 9.17) is 10.5 Å². The lowest BCUT2D eigenvalue weighted by atomic mass is 9.90. The molecule has 2 aromatic rings. The summed E-state index contributed by atoms with van der Waals surface area (Å²) in [5, 5.41) is 0. The number of ketones is 1. The first kappa shape index (κ1) is 14.1. The van der Waals surface area contributed by atoms with Gasteiger partial charge in [-0.3, -0.25) is 4.79 Å². The summed E-state index contributed by atoms with van der Waals surface area (Å²) in [5.74, 6) is -0.362. The first-order valence-electron chi connectivity index (χ1n) is 6.35. The topological polar surface area (TPSA) is 78.1 Å². The van der Waals surface area contributed by atoms with Crippen LogP contribution in [0.25, 0.3) is 0 Å². The van der Waals surface area contributed by atoms with Crippen molar-refractivity contribution in [3.05, 3.63) is 54.0 Å². The molecule has 1 aromatic carbocycles. The summed E-state index contributed by atoms with van der Waals surface area (Å²) in [6.45, 7) is 1.79. The largest absolute Gasteiger partial charge is 0.479 e. The molecule has 0 aliphatic rings. The molecule has 1 heterocycles. The Hall–Kier alpha value is -2.27. The molecule has 0 radical (unpaired) electrons. The van der Waals surface area contributed by atoms with Crippen LogP contribution in [0.4, 0.5) is 0 Å². The number of carbonyl (C=O) groups excluding carboxylic acids is 1. The molecular formula is C15H17N3O2. The van der Waals surface area contributed by atoms with E-state index in [2.05, 4.69) is 9.97 Å². The van der Waals surface area contributed by atoms with E-state index < -0.39 is 12.0 Å². The summed E-state index contributed by atoms with van der Waals surface area (Å²) >= 11 is 0. The molecule has 20 heavy (non-hydrogen) atoms. The average Bonchev–Trinajstić information content (AvgIpc) is 2.53. The molecule has 0 aliphatic heterocycles. The van der Waals surface area contributed by atoms with Crippen molar-refractivity contribution in [3.63, 3.8) is 0 Å². The Labute approximate surface area is 117 Å². The Balaban J connectivity index is 2.24. The van der Waals surface area contributed by atoms with Crippen LogP contribution in [0.3, 0.4) is 0 Å². The van der Waals surface area contributed by atoms with Crippen molar-refractivity contribution < 1.29 is 9.53 Å². The van der Waals surface area contributed by atoms with Gasteiger partial charge in [-0.25, -0.2) is 9.97 Å². The number of benzene rings is 1. The quantitative estimate of drug-likeness (QED) is 0.841. The second kappa shape index (κ2) is 6.25. The van der Waals surface area contributed by atoms with E-state index >= 15 is 0 Å². The third-order valence-electron chi connectivity index (χ3n) is 3.23. The molecule has 0 amide bonds. The number of nitrogens with zero attached hydrogens (tertiary/aromatic N) is 2. The van der Waals surface area contributed by atoms with Crippen molar-refractivity contribution in [1.29, 1.82) is 0 Å². The van der Waals surface area contributed by atoms with E-state index in [-0.39, 0.29) is 17.4 Å². The van der Waals surface area contributed by atoms with E-state index in [1.165, 1.54) is 19.5 Å². The zero-order valence-electron chi connectivity index (χ0n) is 11.5. The minimum Gasteiger partial charge on any atom is -0.479 e. The van der Waals surface area contributed by atoms with Gasteiger partial charge in [-0.2, -0.15) is 0 Å². The second-order valence-electron chi connectivity index (χ2n) is 4.50. The summed E-state index contributed by atoms with van der Waals surface area (Å²) in [7, 11) is 1.46. The molecule has 0 fully saturated rings. The first-order chi connectivity index (χ1) is 9.65. The third kappa shape index (κ3) is 2.83. The van der Waals surface area contributed by atoms with Gasteiger partial charge in [0.15, 0.2) is 11.5 Å². The number of aromatic nitrogens is 2. The highest BCUT2D eigenvalue weighted by molar-refractivity contribution is 5.98. The van der Waals surface area contributed by atoms with E-state index in [0.717, 1.165) is 5.56 Å². The number of hydrogen-bond acceptors (Lipinski definition) is 5. The Morgan fingerprint density at radius 3 is 2.50 bits per heavy atom. The van der Waals surface area contributed by atoms with Crippen LogP contribution in [0.2, 0.25) is 0 Å². The lowest BCUT2D eigenvalue weighted by Gasteiger charge is -2.19. The third-order valence-corrected chi connectivity index (χ3v) is 3.23. The highest BCUT2D eigenvalue weighted by atomic mass is 16.5. The summed E-state index contributed by atoms with van der Waals surface area (Å²) < 4.78 is 5.07. The van der Waals surface area contributed by atoms with Crippen molar-refractivity contribution in [2.24, 2.45) is 11.7 Å². The molecule has 104 valence electrons. The molecule has 2 unspecified atom stereocenters. The van der Waals surface area contributed by atoms with Gasteiger partial charge in [0.05, 0.1) is 7.11 Å². The molecule has 0 spiro atoms. The van der Waals surface area contributed by atoms with Crippen molar-refractivity contribution in [2.45, 2.75) is 13.0 Å². The van der Waals surface area contributed by atoms with Gasteiger partial charge < -0.3 is 10.5 Å². The van der Waals surface area contributed by atoms with E-state index in [0.29, 0.717) is 0 Å². The molecule has 1 aromatic heterocycles. The zero-order chi connectivity index (χ0) is 14.5. The van der Waals surface area contributed by atoms with Crippen LogP contribution in [-0.2, 0) is 0 Å². The molecule has 2 N–H and O–H groups in total. The van der Waals surface area contributed by atoms with Crippen LogP contribution < -0.4 is 10.5 Å². The summed E-state index contributed by atoms with van der Waals surface area (Å²) in [6, 6.07) is 9.12. The Morgan fingerprint density at radius 1 is 1.20 bits per heavy atom. The number of hydrogen-bond donors (Lipinski definition) is 1. The summed E-state index contributed by atoms with van der Waals surface area (Å²) in [6.07, 6.45) is 2.95. The van der Waals surface area contributed by atoms with Crippen LogP contribution >= 0.6 is 0 Å². The maximum atomic E-state index is 12.5. The van der Waals surface area contributed by atoms with E-state index in [1.807, 2.05) is 30.3 Å². The Bertz CT molecular complexity index is 587. The van der Waals surface area contributed by atoms with Gasteiger partial charge >= 0.3 is 0 Å². The maximum Gasteiger partial charge on any atom is 0.243 e. The van der Waals surface area contributed by atoms with Gasteiger partial charge in [0.25, 0.3) is 0 Å². The minimum atomic E-state index is -0.414. The monoisotopic (exact) mass is 271 g/mol. The normalized spacial score (nSPS) is 13.6. The summed E-state index contributed by atoms with van der Waals surface area (Å²) in [5.41, 5.74) is 7.29. The number of carbonyl (C=O) groups is 1. The van der Waals surface area contributed by atoms with Gasteiger partial charge in [-0.1, -0.05) is 37.3 Å². The smallest absolute Gasteiger partial charge is 0.243 e. The SMILES string of the molecule is COc1nccnc1C(=O)C(C)C(N)c1ccccc1. The van der Waals surface area contributed by atoms with Crippen molar-refractivity contribution in [2.75, 3.05) is 7.11 Å². The standard InChI is InChI=1S/C15H17N3O2/c1-10(12(16)11-6-4-3-5-7-11)14(19)13-15(20-2)18-9-8-17-13/h3-10,12H,16H2,1-2H3. The number of Topliss-reactive ketones (excluding diaryl/α,β-unsaturated/α-hetero) is 1. The van der Waals surface area contributed by atoms with Crippen molar-refractivity contribution in [1.82, 2.24) is 9.97 Å². The molecule has 2 atom stereocenters. The molecule has 2 rings (SSSR count). The highest BCUT2D eigenvalue weighted by Gasteiger charge is 2.27. The fourth-order valence-electron chi connectivity index (χ4n) is 1.99. The predicted octanol–water partition coefficient (Wildman–Crippen LogP) is 2.00. The van der Waals surface area contributed by atoms with Gasteiger partial charge in [0.1, 0.15) is 0 Å². The lowest BCUT2D eigenvalue weighted by Crippen LogP contribution is -2.27. The number of methoxy groups -OCH3 is 1. The van der Waals surface area contributed by atoms with Gasteiger partial charge in [0, 0.05) is 24.4 Å². The molecule has 0 bridgehead atoms. The van der Waals surface area contributed by atoms with Crippen LogP contribution in [0, 0.1) is 5.92 Å². The fraction of sp³-hybridized carbons (Fsp3) is 0.267. The van der Waals surface area contributed by atoms with E-state index in [9.17, 15) is 4.79 Å². The molecule has 5 heteroatoms. The van der Waals surface area contributed by atoms with Crippen LogP contribution in [0.15, 0.2) is 42.7 Å². The van der Waals surface area contributed by atoms with Crippen molar-refractivity contribution in [3.8, 4) is 5.88 Å². The lowest BCUT2D eigenvalue weighted by molar-refractivity contribution is 0.0903. The molecular weight excluding hydrogens is 254 g/mol. The van der Waals surface area contributed by atoms with Gasteiger partial charge in [0.2, 0.25) is 5.88 Å². The van der Waals surface area contributed by atoms with Gasteiger partial charge in [-0.15, -0.1) is 0 Å². The maximum absolute atomic E-state index is 12.5. The second-order valence-corrected chi connectivity index (χ2v) is 4.50. The number of rotatable bonds is 5. The number of nitrogens with two attached hydrogens (primary N) is 1. The Morgan fingerprint density at radius 2 is 1.85 bits per heavy atom. The van der Waals surface area contributed by atoms with Gasteiger partial charge in [-0.05, 0) is 5.56 Å². The molecule has 0 aliphatic carbocycles. The molecule has 0 saturated heterocycles. The minimum absolute atomic E-state index is 0.175. The Kier molecular flexibility index (Phi) is 4.42. The molecule has 0 saturated carbocycles. The van der Waals surface area contributed by atoms with Crippen LogP contribution in [0.1, 0.15) is 29.0 Å². The van der Waals surface area contributed by atoms with Crippen LogP contribution in [-0.4, -0.2) is 22.9 Å². The summed E-state index contributed by atoms with van der Waals surface area (Å²) in [4.78, 5) is 20.5.